The SMILES string of the molecule is COC=CC(=O)Oc1ccccc1C(C)=NOc1ccc(Cl)cc1. The molecule has 0 N–H and O–H groups in total. The van der Waals surface area contributed by atoms with Crippen molar-refractivity contribution in [2.75, 3.05) is 7.11 Å². The second-order valence-corrected chi connectivity index (χ2v) is 5.11. The molecule has 2 aromatic carbocycles. The van der Waals surface area contributed by atoms with Gasteiger partial charge in [0.2, 0.25) is 0 Å². The molecular formula is C18H16ClNO4. The molecule has 0 saturated heterocycles. The van der Waals surface area contributed by atoms with Crippen LogP contribution in [0.5, 0.6) is 11.5 Å². The molecule has 5 nitrogen and oxygen atoms in total. The van der Waals surface area contributed by atoms with E-state index in [1.54, 1.807) is 49.4 Å². The highest BCUT2D eigenvalue weighted by atomic mass is 35.5. The molecule has 2 rings (SSSR count). The molecule has 0 radical (unpaired) electrons. The lowest BCUT2D eigenvalue weighted by molar-refractivity contribution is -0.129. The molecule has 0 aromatic heterocycles. The van der Waals surface area contributed by atoms with E-state index >= 15 is 0 Å². The normalized spacial score (nSPS) is 11.4. The second kappa shape index (κ2) is 8.74. The zero-order valence-corrected chi connectivity index (χ0v) is 14.0. The number of nitrogens with zero attached hydrogens (tertiary/aromatic N) is 1. The fourth-order valence-electron chi connectivity index (χ4n) is 1.79. The standard InChI is InChI=1S/C18H16ClNO4/c1-13(20-24-15-9-7-14(19)8-10-15)16-5-3-4-6-17(16)23-18(21)11-12-22-2/h3-12H,1-2H3. The highest BCUT2D eigenvalue weighted by Gasteiger charge is 2.10. The van der Waals surface area contributed by atoms with Crippen LogP contribution < -0.4 is 9.57 Å². The van der Waals surface area contributed by atoms with Gasteiger partial charge in [-0.05, 0) is 43.3 Å². The molecule has 0 atom stereocenters. The fraction of sp³-hybridized carbons (Fsp3) is 0.111. The maximum Gasteiger partial charge on any atom is 0.339 e. The van der Waals surface area contributed by atoms with Gasteiger partial charge >= 0.3 is 5.97 Å². The first-order valence-corrected chi connectivity index (χ1v) is 7.45. The molecule has 0 saturated carbocycles. The molecular weight excluding hydrogens is 330 g/mol. The number of ether oxygens (including phenoxy) is 2. The van der Waals surface area contributed by atoms with Gasteiger partial charge in [0.1, 0.15) is 5.75 Å². The maximum absolute atomic E-state index is 11.7. The van der Waals surface area contributed by atoms with Gasteiger partial charge in [-0.3, -0.25) is 0 Å². The van der Waals surface area contributed by atoms with Gasteiger partial charge in [0.15, 0.2) is 5.75 Å². The number of hydrogen-bond acceptors (Lipinski definition) is 5. The topological polar surface area (TPSA) is 57.1 Å². The number of para-hydroxylation sites is 1. The average molecular weight is 346 g/mol. The van der Waals surface area contributed by atoms with E-state index in [4.69, 9.17) is 21.2 Å². The number of rotatable bonds is 6. The van der Waals surface area contributed by atoms with Crippen LogP contribution >= 0.6 is 11.6 Å². The number of oxime groups is 1. The summed E-state index contributed by atoms with van der Waals surface area (Å²) in [4.78, 5) is 17.0. The van der Waals surface area contributed by atoms with Crippen molar-refractivity contribution in [1.82, 2.24) is 0 Å². The Morgan fingerprint density at radius 2 is 1.83 bits per heavy atom. The van der Waals surface area contributed by atoms with E-state index in [1.807, 2.05) is 6.07 Å². The molecule has 2 aromatic rings. The zero-order valence-electron chi connectivity index (χ0n) is 13.2. The Hall–Kier alpha value is -2.79. The van der Waals surface area contributed by atoms with Crippen LogP contribution in [0.4, 0.5) is 0 Å². The molecule has 0 heterocycles. The van der Waals surface area contributed by atoms with Crippen molar-refractivity contribution < 1.29 is 19.1 Å². The molecule has 0 amide bonds. The maximum atomic E-state index is 11.7. The minimum atomic E-state index is -0.546. The third-order valence-corrected chi connectivity index (χ3v) is 3.18. The van der Waals surface area contributed by atoms with E-state index in [-0.39, 0.29) is 0 Å². The van der Waals surface area contributed by atoms with Crippen LogP contribution in [0.3, 0.4) is 0 Å². The van der Waals surface area contributed by atoms with Crippen molar-refractivity contribution in [3.63, 3.8) is 0 Å². The van der Waals surface area contributed by atoms with Crippen LogP contribution in [0, 0.1) is 0 Å². The predicted octanol–water partition coefficient (Wildman–Crippen LogP) is 4.21. The second-order valence-electron chi connectivity index (χ2n) is 4.68. The van der Waals surface area contributed by atoms with Gasteiger partial charge in [0, 0.05) is 10.6 Å². The Bertz CT molecular complexity index is 754. The average Bonchev–Trinajstić information content (AvgIpc) is 2.59. The molecule has 0 unspecified atom stereocenters. The number of methoxy groups -OCH3 is 1. The lowest BCUT2D eigenvalue weighted by atomic mass is 10.1. The molecule has 0 aliphatic carbocycles. The van der Waals surface area contributed by atoms with E-state index in [2.05, 4.69) is 9.89 Å². The van der Waals surface area contributed by atoms with Crippen LogP contribution in [-0.2, 0) is 9.53 Å². The van der Waals surface area contributed by atoms with Gasteiger partial charge in [-0.25, -0.2) is 4.79 Å². The third-order valence-electron chi connectivity index (χ3n) is 2.93. The summed E-state index contributed by atoms with van der Waals surface area (Å²) >= 11 is 5.82. The lowest BCUT2D eigenvalue weighted by Gasteiger charge is -2.08. The molecule has 0 spiro atoms. The van der Waals surface area contributed by atoms with E-state index in [0.29, 0.717) is 27.8 Å². The summed E-state index contributed by atoms with van der Waals surface area (Å²) in [5.41, 5.74) is 1.20. The van der Waals surface area contributed by atoms with Crippen LogP contribution in [0.15, 0.2) is 66.0 Å². The summed E-state index contributed by atoms with van der Waals surface area (Å²) in [5.74, 6) is 0.385. The molecule has 0 bridgehead atoms. The van der Waals surface area contributed by atoms with E-state index in [0.717, 1.165) is 0 Å². The first-order chi connectivity index (χ1) is 11.6. The molecule has 0 aliphatic rings. The summed E-state index contributed by atoms with van der Waals surface area (Å²) in [6.45, 7) is 1.76. The summed E-state index contributed by atoms with van der Waals surface area (Å²) in [7, 11) is 1.45. The molecule has 6 heteroatoms. The number of carbonyl (C=O) groups is 1. The minimum absolute atomic E-state index is 0.379. The zero-order chi connectivity index (χ0) is 17.4. The van der Waals surface area contributed by atoms with Crippen LogP contribution in [0.1, 0.15) is 12.5 Å². The first kappa shape index (κ1) is 17.6. The van der Waals surface area contributed by atoms with E-state index in [1.165, 1.54) is 19.4 Å². The Balaban J connectivity index is 2.15. The summed E-state index contributed by atoms with van der Waals surface area (Å²) in [6, 6.07) is 13.9. The number of carbonyl (C=O) groups excluding carboxylic acids is 1. The van der Waals surface area contributed by atoms with Crippen molar-refractivity contribution in [3.05, 3.63) is 71.5 Å². The number of esters is 1. The van der Waals surface area contributed by atoms with Crippen LogP contribution in [0.2, 0.25) is 5.02 Å². The fourth-order valence-corrected chi connectivity index (χ4v) is 1.91. The molecule has 124 valence electrons. The highest BCUT2D eigenvalue weighted by Crippen LogP contribution is 2.20. The largest absolute Gasteiger partial charge is 0.504 e. The van der Waals surface area contributed by atoms with E-state index < -0.39 is 5.97 Å². The quantitative estimate of drug-likeness (QED) is 0.196. The number of hydrogen-bond donors (Lipinski definition) is 0. The molecule has 24 heavy (non-hydrogen) atoms. The van der Waals surface area contributed by atoms with Gasteiger partial charge in [0.25, 0.3) is 0 Å². The summed E-state index contributed by atoms with van der Waals surface area (Å²) in [6.07, 6.45) is 2.43. The van der Waals surface area contributed by atoms with Crippen molar-refractivity contribution >= 4 is 23.3 Å². The van der Waals surface area contributed by atoms with Gasteiger partial charge in [-0.2, -0.15) is 0 Å². The molecule has 0 fully saturated rings. The number of halogens is 1. The van der Waals surface area contributed by atoms with Crippen LogP contribution in [0.25, 0.3) is 0 Å². The van der Waals surface area contributed by atoms with Crippen molar-refractivity contribution in [2.45, 2.75) is 6.92 Å². The third kappa shape index (κ3) is 5.14. The summed E-state index contributed by atoms with van der Waals surface area (Å²) in [5, 5.41) is 4.68. The van der Waals surface area contributed by atoms with Crippen LogP contribution in [-0.4, -0.2) is 18.8 Å². The first-order valence-electron chi connectivity index (χ1n) is 7.08. The smallest absolute Gasteiger partial charge is 0.339 e. The monoisotopic (exact) mass is 345 g/mol. The molecule has 0 aliphatic heterocycles. The van der Waals surface area contributed by atoms with Gasteiger partial charge in [-0.1, -0.05) is 28.9 Å². The van der Waals surface area contributed by atoms with E-state index in [9.17, 15) is 4.79 Å². The Labute approximate surface area is 145 Å². The van der Waals surface area contributed by atoms with Gasteiger partial charge in [-0.15, -0.1) is 0 Å². The minimum Gasteiger partial charge on any atom is -0.504 e. The summed E-state index contributed by atoms with van der Waals surface area (Å²) < 4.78 is 9.97. The highest BCUT2D eigenvalue weighted by molar-refractivity contribution is 6.30. The van der Waals surface area contributed by atoms with Crippen molar-refractivity contribution in [3.8, 4) is 11.5 Å². The predicted molar refractivity (Wildman–Crippen MR) is 92.5 cm³/mol. The Morgan fingerprint density at radius 1 is 1.12 bits per heavy atom. The van der Waals surface area contributed by atoms with Crippen molar-refractivity contribution in [2.24, 2.45) is 5.16 Å². The lowest BCUT2D eigenvalue weighted by Crippen LogP contribution is -2.08. The van der Waals surface area contributed by atoms with Gasteiger partial charge in [0.05, 0.1) is 25.2 Å². The Kier molecular flexibility index (Phi) is 6.40. The van der Waals surface area contributed by atoms with Gasteiger partial charge < -0.3 is 14.3 Å². The van der Waals surface area contributed by atoms with Crippen molar-refractivity contribution in [1.29, 1.82) is 0 Å². The Morgan fingerprint density at radius 3 is 2.54 bits per heavy atom. The number of benzene rings is 2.